The van der Waals surface area contributed by atoms with Crippen LogP contribution in [0.2, 0.25) is 0 Å². The van der Waals surface area contributed by atoms with Gasteiger partial charge in [-0.2, -0.15) is 0 Å². The number of rotatable bonds is 5. The van der Waals surface area contributed by atoms with Crippen LogP contribution in [0, 0.1) is 5.92 Å². The molecule has 1 heterocycles. The van der Waals surface area contributed by atoms with Gasteiger partial charge >= 0.3 is 0 Å². The molecule has 2 saturated carbocycles. The molecule has 0 bridgehead atoms. The fraction of sp³-hybridized carbons (Fsp3) is 0.875. The average molecular weight is 293 g/mol. The summed E-state index contributed by atoms with van der Waals surface area (Å²) in [6.45, 7) is 2.36. The Labute approximate surface area is 127 Å². The highest BCUT2D eigenvalue weighted by molar-refractivity contribution is 5.80. The van der Waals surface area contributed by atoms with Crippen LogP contribution >= 0.6 is 0 Å². The smallest absolute Gasteiger partial charge is 0.234 e. The molecule has 21 heavy (non-hydrogen) atoms. The number of piperidine rings is 1. The lowest BCUT2D eigenvalue weighted by Gasteiger charge is -2.39. The number of carbonyl (C=O) groups is 2. The summed E-state index contributed by atoms with van der Waals surface area (Å²) in [5.41, 5.74) is 0. The monoisotopic (exact) mass is 293 g/mol. The van der Waals surface area contributed by atoms with E-state index in [0.717, 1.165) is 51.6 Å². The first-order chi connectivity index (χ1) is 10.1. The molecule has 0 radical (unpaired) electrons. The van der Waals surface area contributed by atoms with Crippen molar-refractivity contribution in [2.24, 2.45) is 5.92 Å². The van der Waals surface area contributed by atoms with E-state index in [-0.39, 0.29) is 11.8 Å². The Morgan fingerprint density at radius 1 is 1.10 bits per heavy atom. The van der Waals surface area contributed by atoms with Crippen molar-refractivity contribution in [2.45, 2.75) is 57.0 Å². The van der Waals surface area contributed by atoms with Crippen molar-refractivity contribution in [3.63, 3.8) is 0 Å². The van der Waals surface area contributed by atoms with Gasteiger partial charge in [-0.1, -0.05) is 6.42 Å². The van der Waals surface area contributed by atoms with E-state index >= 15 is 0 Å². The predicted molar refractivity (Wildman–Crippen MR) is 80.7 cm³/mol. The Balaban J connectivity index is 1.39. The molecule has 0 atom stereocenters. The number of likely N-dealkylation sites (tertiary alicyclic amines) is 1. The third-order valence-electron chi connectivity index (χ3n) is 5.22. The molecule has 0 unspecified atom stereocenters. The zero-order chi connectivity index (χ0) is 14.8. The summed E-state index contributed by atoms with van der Waals surface area (Å²) in [5.74, 6) is 0.790. The summed E-state index contributed by atoms with van der Waals surface area (Å²) < 4.78 is 0. The van der Waals surface area contributed by atoms with E-state index in [1.54, 1.807) is 0 Å². The van der Waals surface area contributed by atoms with Crippen molar-refractivity contribution >= 4 is 11.8 Å². The Morgan fingerprint density at radius 2 is 1.76 bits per heavy atom. The van der Waals surface area contributed by atoms with Gasteiger partial charge < -0.3 is 10.2 Å². The second kappa shape index (κ2) is 6.34. The number of nitrogens with zero attached hydrogens (tertiary/aromatic N) is 2. The summed E-state index contributed by atoms with van der Waals surface area (Å²) in [4.78, 5) is 28.3. The van der Waals surface area contributed by atoms with Gasteiger partial charge in [-0.15, -0.1) is 0 Å². The van der Waals surface area contributed by atoms with Gasteiger partial charge in [0.1, 0.15) is 0 Å². The molecule has 3 aliphatic rings. The lowest BCUT2D eigenvalue weighted by Crippen LogP contribution is -2.49. The summed E-state index contributed by atoms with van der Waals surface area (Å²) in [7, 11) is 1.96. The second-order valence-electron chi connectivity index (χ2n) is 6.93. The fourth-order valence-corrected chi connectivity index (χ4v) is 3.29. The minimum absolute atomic E-state index is 0.162. The van der Waals surface area contributed by atoms with Crippen LogP contribution in [0.15, 0.2) is 0 Å². The zero-order valence-electron chi connectivity index (χ0n) is 13.0. The van der Waals surface area contributed by atoms with Gasteiger partial charge in [-0.05, 0) is 38.5 Å². The Hall–Kier alpha value is -1.10. The molecule has 0 aromatic heterocycles. The maximum Gasteiger partial charge on any atom is 0.234 e. The molecule has 2 aliphatic carbocycles. The summed E-state index contributed by atoms with van der Waals surface area (Å²) in [5, 5.41) is 3.04. The minimum Gasteiger partial charge on any atom is -0.352 e. The SMILES string of the molecule is CN(C(=O)C1CCC1)C1CCN(CC(=O)NC2CC2)CC1. The second-order valence-corrected chi connectivity index (χ2v) is 6.93. The lowest BCUT2D eigenvalue weighted by molar-refractivity contribution is -0.140. The Bertz CT molecular complexity index is 396. The lowest BCUT2D eigenvalue weighted by atomic mass is 9.84. The van der Waals surface area contributed by atoms with Crippen LogP contribution < -0.4 is 5.32 Å². The number of carbonyl (C=O) groups excluding carboxylic acids is 2. The van der Waals surface area contributed by atoms with E-state index in [1.807, 2.05) is 11.9 Å². The third-order valence-corrected chi connectivity index (χ3v) is 5.22. The van der Waals surface area contributed by atoms with Crippen molar-refractivity contribution in [3.8, 4) is 0 Å². The molecule has 118 valence electrons. The molecule has 0 aromatic carbocycles. The van der Waals surface area contributed by atoms with E-state index in [9.17, 15) is 9.59 Å². The first-order valence-electron chi connectivity index (χ1n) is 8.42. The van der Waals surface area contributed by atoms with Gasteiger partial charge in [0.2, 0.25) is 11.8 Å². The van der Waals surface area contributed by atoms with E-state index in [2.05, 4.69) is 10.2 Å². The van der Waals surface area contributed by atoms with E-state index < -0.39 is 0 Å². The standard InChI is InChI=1S/C16H27N3O2/c1-18(16(21)12-3-2-4-12)14-7-9-19(10-8-14)11-15(20)17-13-5-6-13/h12-14H,2-11H2,1H3,(H,17,20). The number of nitrogens with one attached hydrogen (secondary N) is 1. The van der Waals surface area contributed by atoms with Gasteiger partial charge in [0, 0.05) is 38.1 Å². The molecule has 5 heteroatoms. The third kappa shape index (κ3) is 3.76. The molecule has 1 saturated heterocycles. The number of hydrogen-bond acceptors (Lipinski definition) is 3. The summed E-state index contributed by atoms with van der Waals surface area (Å²) in [6.07, 6.45) is 7.62. The quantitative estimate of drug-likeness (QED) is 0.822. The van der Waals surface area contributed by atoms with Crippen molar-refractivity contribution in [2.75, 3.05) is 26.7 Å². The highest BCUT2D eigenvalue weighted by Gasteiger charge is 2.33. The van der Waals surface area contributed by atoms with Gasteiger partial charge in [-0.25, -0.2) is 0 Å². The van der Waals surface area contributed by atoms with E-state index in [4.69, 9.17) is 0 Å². The first kappa shape index (κ1) is 14.8. The van der Waals surface area contributed by atoms with Crippen LogP contribution in [-0.4, -0.2) is 60.4 Å². The van der Waals surface area contributed by atoms with E-state index in [1.165, 1.54) is 6.42 Å². The van der Waals surface area contributed by atoms with Crippen molar-refractivity contribution < 1.29 is 9.59 Å². The Kier molecular flexibility index (Phi) is 4.48. The van der Waals surface area contributed by atoms with Crippen molar-refractivity contribution in [1.29, 1.82) is 0 Å². The molecule has 2 amide bonds. The molecule has 3 fully saturated rings. The first-order valence-corrected chi connectivity index (χ1v) is 8.42. The van der Waals surface area contributed by atoms with Crippen LogP contribution in [0.4, 0.5) is 0 Å². The predicted octanol–water partition coefficient (Wildman–Crippen LogP) is 0.988. The molecular weight excluding hydrogens is 266 g/mol. The van der Waals surface area contributed by atoms with Gasteiger partial charge in [0.25, 0.3) is 0 Å². The fourth-order valence-electron chi connectivity index (χ4n) is 3.29. The van der Waals surface area contributed by atoms with Gasteiger partial charge in [0.15, 0.2) is 0 Å². The Morgan fingerprint density at radius 3 is 2.29 bits per heavy atom. The zero-order valence-corrected chi connectivity index (χ0v) is 13.0. The van der Waals surface area contributed by atoms with Crippen LogP contribution in [0.1, 0.15) is 44.9 Å². The maximum atomic E-state index is 12.3. The molecule has 5 nitrogen and oxygen atoms in total. The van der Waals surface area contributed by atoms with Gasteiger partial charge in [-0.3, -0.25) is 14.5 Å². The van der Waals surface area contributed by atoms with Crippen molar-refractivity contribution in [3.05, 3.63) is 0 Å². The molecular formula is C16H27N3O2. The molecule has 0 aromatic rings. The minimum atomic E-state index is 0.162. The van der Waals surface area contributed by atoms with Crippen LogP contribution in [0.25, 0.3) is 0 Å². The average Bonchev–Trinajstić information content (AvgIpc) is 3.20. The van der Waals surface area contributed by atoms with Crippen molar-refractivity contribution in [1.82, 2.24) is 15.1 Å². The molecule has 3 rings (SSSR count). The van der Waals surface area contributed by atoms with Crippen LogP contribution in [0.5, 0.6) is 0 Å². The number of amides is 2. The van der Waals surface area contributed by atoms with Crippen LogP contribution in [0.3, 0.4) is 0 Å². The van der Waals surface area contributed by atoms with Crippen LogP contribution in [-0.2, 0) is 9.59 Å². The highest BCUT2D eigenvalue weighted by Crippen LogP contribution is 2.29. The largest absolute Gasteiger partial charge is 0.352 e. The summed E-state index contributed by atoms with van der Waals surface area (Å²) >= 11 is 0. The van der Waals surface area contributed by atoms with E-state index in [0.29, 0.717) is 24.5 Å². The topological polar surface area (TPSA) is 52.7 Å². The maximum absolute atomic E-state index is 12.3. The highest BCUT2D eigenvalue weighted by atomic mass is 16.2. The summed E-state index contributed by atoms with van der Waals surface area (Å²) in [6, 6.07) is 0.808. The molecule has 1 aliphatic heterocycles. The number of hydrogen-bond donors (Lipinski definition) is 1. The molecule has 0 spiro atoms. The van der Waals surface area contributed by atoms with Gasteiger partial charge in [0.05, 0.1) is 6.54 Å². The normalized spacial score (nSPS) is 24.4. The molecule has 1 N–H and O–H groups in total.